The van der Waals surface area contributed by atoms with Crippen LogP contribution >= 0.6 is 12.4 Å². The summed E-state index contributed by atoms with van der Waals surface area (Å²) in [7, 11) is 0. The van der Waals surface area contributed by atoms with Gasteiger partial charge in [0.1, 0.15) is 6.04 Å². The second kappa shape index (κ2) is 8.82. The Bertz CT molecular complexity index is 647. The van der Waals surface area contributed by atoms with Crippen LogP contribution in [-0.4, -0.2) is 41.0 Å². The van der Waals surface area contributed by atoms with Crippen LogP contribution in [0.3, 0.4) is 0 Å². The highest BCUT2D eigenvalue weighted by Gasteiger charge is 2.27. The molecule has 2 atom stereocenters. The predicted octanol–water partition coefficient (Wildman–Crippen LogP) is 1.35. The molecule has 0 bridgehead atoms. The highest BCUT2D eigenvalue weighted by Crippen LogP contribution is 2.06. The van der Waals surface area contributed by atoms with Gasteiger partial charge in [0, 0.05) is 24.8 Å². The number of ether oxygens (including phenoxy) is 1. The minimum absolute atomic E-state index is 0. The van der Waals surface area contributed by atoms with Gasteiger partial charge in [-0.1, -0.05) is 30.3 Å². The van der Waals surface area contributed by atoms with Gasteiger partial charge in [-0.15, -0.1) is 12.4 Å². The summed E-state index contributed by atoms with van der Waals surface area (Å²) in [6.07, 6.45) is 3.64. The van der Waals surface area contributed by atoms with E-state index >= 15 is 0 Å². The lowest BCUT2D eigenvalue weighted by atomic mass is 10.1. The molecule has 0 aliphatic carbocycles. The Kier molecular flexibility index (Phi) is 6.78. The lowest BCUT2D eigenvalue weighted by Gasteiger charge is -2.29. The van der Waals surface area contributed by atoms with Gasteiger partial charge < -0.3 is 15.4 Å². The zero-order chi connectivity index (χ0) is 16.1. The van der Waals surface area contributed by atoms with E-state index in [9.17, 15) is 4.79 Å². The van der Waals surface area contributed by atoms with Crippen LogP contribution in [0.4, 0.5) is 0 Å². The Labute approximate surface area is 148 Å². The topological polar surface area (TPSA) is 68.2 Å². The summed E-state index contributed by atoms with van der Waals surface area (Å²) in [5.74, 6) is -0.0343. The molecular formula is C17H23ClN4O2. The maximum Gasteiger partial charge on any atom is 0.240 e. The number of carbonyl (C=O) groups excluding carboxylic acids is 1. The van der Waals surface area contributed by atoms with Crippen molar-refractivity contribution < 1.29 is 9.53 Å². The van der Waals surface area contributed by atoms with Crippen LogP contribution in [0.15, 0.2) is 42.7 Å². The molecule has 1 aliphatic heterocycles. The van der Waals surface area contributed by atoms with Gasteiger partial charge in [0.15, 0.2) is 0 Å². The molecule has 6 nitrogen and oxygen atoms in total. The van der Waals surface area contributed by atoms with Gasteiger partial charge in [-0.25, -0.2) is 0 Å². The smallest absolute Gasteiger partial charge is 0.240 e. The molecule has 0 unspecified atom stereocenters. The van der Waals surface area contributed by atoms with Gasteiger partial charge in [0.25, 0.3) is 0 Å². The van der Waals surface area contributed by atoms with Crippen molar-refractivity contribution >= 4 is 18.3 Å². The first-order valence-corrected chi connectivity index (χ1v) is 7.90. The van der Waals surface area contributed by atoms with Gasteiger partial charge in [0.05, 0.1) is 25.5 Å². The molecule has 1 saturated heterocycles. The van der Waals surface area contributed by atoms with E-state index in [1.54, 1.807) is 6.20 Å². The highest BCUT2D eigenvalue weighted by molar-refractivity contribution is 5.85. The zero-order valence-electron chi connectivity index (χ0n) is 13.6. The lowest BCUT2D eigenvalue weighted by molar-refractivity contribution is -0.129. The normalized spacial score (nSPS) is 20.2. The fourth-order valence-corrected chi connectivity index (χ4v) is 2.68. The maximum atomic E-state index is 12.2. The average molecular weight is 351 g/mol. The number of nitrogens with zero attached hydrogens (tertiary/aromatic N) is 2. The monoisotopic (exact) mass is 350 g/mol. The number of aromatic nitrogens is 2. The summed E-state index contributed by atoms with van der Waals surface area (Å²) < 4.78 is 7.37. The van der Waals surface area contributed by atoms with E-state index in [1.807, 2.05) is 36.0 Å². The largest absolute Gasteiger partial charge is 0.375 e. The van der Waals surface area contributed by atoms with E-state index in [2.05, 4.69) is 27.9 Å². The van der Waals surface area contributed by atoms with Crippen molar-refractivity contribution in [2.45, 2.75) is 32.2 Å². The lowest BCUT2D eigenvalue weighted by Crippen LogP contribution is -2.55. The summed E-state index contributed by atoms with van der Waals surface area (Å²) in [4.78, 5) is 12.2. The third-order valence-corrected chi connectivity index (χ3v) is 3.94. The minimum atomic E-state index is -0.289. The molecule has 7 heteroatoms. The van der Waals surface area contributed by atoms with E-state index in [-0.39, 0.29) is 30.5 Å². The fraction of sp³-hybridized carbons (Fsp3) is 0.412. The molecule has 0 spiro atoms. The van der Waals surface area contributed by atoms with Gasteiger partial charge in [0.2, 0.25) is 5.91 Å². The summed E-state index contributed by atoms with van der Waals surface area (Å²) in [5.41, 5.74) is 2.18. The van der Waals surface area contributed by atoms with Crippen LogP contribution in [0.1, 0.15) is 18.1 Å². The molecule has 1 fully saturated rings. The van der Waals surface area contributed by atoms with Crippen LogP contribution in [0.2, 0.25) is 0 Å². The predicted molar refractivity (Wildman–Crippen MR) is 94.1 cm³/mol. The Morgan fingerprint density at radius 3 is 2.92 bits per heavy atom. The number of amides is 1. The van der Waals surface area contributed by atoms with Gasteiger partial charge in [-0.05, 0) is 12.5 Å². The Morgan fingerprint density at radius 1 is 1.38 bits per heavy atom. The Hall–Kier alpha value is -1.89. The molecular weight excluding hydrogens is 328 g/mol. The first-order chi connectivity index (χ1) is 11.2. The number of benzene rings is 1. The number of nitrogens with one attached hydrogen (secondary N) is 2. The minimum Gasteiger partial charge on any atom is -0.375 e. The molecule has 2 heterocycles. The molecule has 1 aromatic carbocycles. The molecule has 130 valence electrons. The number of hydrogen-bond acceptors (Lipinski definition) is 4. The Morgan fingerprint density at radius 2 is 2.17 bits per heavy atom. The second-order valence-corrected chi connectivity index (χ2v) is 5.76. The molecule has 1 aromatic heterocycles. The molecule has 24 heavy (non-hydrogen) atoms. The van der Waals surface area contributed by atoms with Crippen LogP contribution in [0.5, 0.6) is 0 Å². The quantitative estimate of drug-likeness (QED) is 0.854. The molecule has 2 aromatic rings. The third kappa shape index (κ3) is 4.80. The van der Waals surface area contributed by atoms with Crippen LogP contribution < -0.4 is 10.6 Å². The average Bonchev–Trinajstić information content (AvgIpc) is 3.01. The van der Waals surface area contributed by atoms with Crippen LogP contribution in [0.25, 0.3) is 0 Å². The van der Waals surface area contributed by atoms with Crippen molar-refractivity contribution in [3.05, 3.63) is 53.9 Å². The number of carbonyl (C=O) groups is 1. The molecule has 2 N–H and O–H groups in total. The summed E-state index contributed by atoms with van der Waals surface area (Å²) in [5, 5.41) is 10.5. The van der Waals surface area contributed by atoms with Crippen LogP contribution in [0, 0.1) is 0 Å². The number of rotatable bonds is 5. The van der Waals surface area contributed by atoms with E-state index < -0.39 is 0 Å². The number of morpholine rings is 1. The third-order valence-electron chi connectivity index (χ3n) is 3.94. The van der Waals surface area contributed by atoms with E-state index in [0.717, 1.165) is 12.1 Å². The van der Waals surface area contributed by atoms with Gasteiger partial charge in [-0.3, -0.25) is 9.48 Å². The van der Waals surface area contributed by atoms with Crippen molar-refractivity contribution in [2.24, 2.45) is 0 Å². The summed E-state index contributed by atoms with van der Waals surface area (Å²) >= 11 is 0. The first-order valence-electron chi connectivity index (χ1n) is 7.90. The van der Waals surface area contributed by atoms with Gasteiger partial charge in [-0.2, -0.15) is 5.10 Å². The number of hydrogen-bond donors (Lipinski definition) is 2. The van der Waals surface area contributed by atoms with Crippen LogP contribution in [-0.2, 0) is 22.6 Å². The van der Waals surface area contributed by atoms with Gasteiger partial charge >= 0.3 is 0 Å². The molecule has 1 amide bonds. The van der Waals surface area contributed by atoms with Crippen molar-refractivity contribution in [1.29, 1.82) is 0 Å². The summed E-state index contributed by atoms with van der Waals surface area (Å²) in [6.45, 7) is 4.46. The Balaban J connectivity index is 0.00000208. The fourth-order valence-electron chi connectivity index (χ4n) is 2.68. The van der Waals surface area contributed by atoms with E-state index in [1.165, 1.54) is 5.56 Å². The molecule has 0 radical (unpaired) electrons. The molecule has 1 aliphatic rings. The van der Waals surface area contributed by atoms with Crippen molar-refractivity contribution in [3.63, 3.8) is 0 Å². The second-order valence-electron chi connectivity index (χ2n) is 5.76. The van der Waals surface area contributed by atoms with Crippen molar-refractivity contribution in [2.75, 3.05) is 13.2 Å². The summed E-state index contributed by atoms with van der Waals surface area (Å²) in [6, 6.07) is 9.87. The zero-order valence-corrected chi connectivity index (χ0v) is 14.5. The number of halogens is 1. The standard InChI is InChI=1S/C17H22N4O2.ClH/c1-13-16(18-7-8-23-13)17(22)19-9-15-10-20-21(12-15)11-14-5-3-2-4-6-14;/h2-6,10,12-13,16,18H,7-9,11H2,1H3,(H,19,22);1H/t13-,16+;/m1./s1. The maximum absolute atomic E-state index is 12.2. The highest BCUT2D eigenvalue weighted by atomic mass is 35.5. The van der Waals surface area contributed by atoms with Crippen molar-refractivity contribution in [1.82, 2.24) is 20.4 Å². The molecule has 3 rings (SSSR count). The van der Waals surface area contributed by atoms with E-state index in [0.29, 0.717) is 19.7 Å². The first kappa shape index (κ1) is 18.4. The SMILES string of the molecule is C[C@H]1OCCN[C@@H]1C(=O)NCc1cnn(Cc2ccccc2)c1.Cl. The molecule has 0 saturated carbocycles. The van der Waals surface area contributed by atoms with Crippen molar-refractivity contribution in [3.8, 4) is 0 Å². The van der Waals surface area contributed by atoms with E-state index in [4.69, 9.17) is 4.74 Å².